The zero-order valence-electron chi connectivity index (χ0n) is 12.3. The van der Waals surface area contributed by atoms with Gasteiger partial charge < -0.3 is 10.1 Å². The monoisotopic (exact) mass is 330 g/mol. The molecular weight excluding hydrogens is 315 g/mol. The molecule has 3 rings (SSSR count). The minimum atomic E-state index is -0.390. The van der Waals surface area contributed by atoms with Crippen LogP contribution in [0.2, 0.25) is 0 Å². The number of hydrogen-bond donors (Lipinski definition) is 1. The molecule has 1 aromatic heterocycles. The molecule has 0 saturated carbocycles. The van der Waals surface area contributed by atoms with Gasteiger partial charge in [-0.15, -0.1) is 11.3 Å². The molecule has 1 amide bonds. The van der Waals surface area contributed by atoms with Gasteiger partial charge in [-0.2, -0.15) is 0 Å². The molecule has 0 aliphatic carbocycles. The number of thiazole rings is 1. The van der Waals surface area contributed by atoms with E-state index >= 15 is 0 Å². The largest absolute Gasteiger partial charge is 0.484 e. The molecule has 0 aliphatic heterocycles. The molecule has 3 aromatic rings. The molecule has 118 valence electrons. The number of nitrogens with zero attached hydrogens (tertiary/aromatic N) is 1. The average molecular weight is 330 g/mol. The van der Waals surface area contributed by atoms with E-state index < -0.39 is 5.82 Å². The van der Waals surface area contributed by atoms with Gasteiger partial charge in [0.1, 0.15) is 11.6 Å². The fourth-order valence-corrected chi connectivity index (χ4v) is 3.06. The van der Waals surface area contributed by atoms with E-state index in [0.29, 0.717) is 18.7 Å². The third-order valence-electron chi connectivity index (χ3n) is 3.17. The van der Waals surface area contributed by atoms with Crippen LogP contribution in [-0.2, 0) is 11.2 Å². The molecule has 1 N–H and O–H groups in total. The van der Waals surface area contributed by atoms with Crippen molar-refractivity contribution >= 4 is 27.5 Å². The van der Waals surface area contributed by atoms with E-state index in [4.69, 9.17) is 4.74 Å². The molecule has 0 spiro atoms. The number of fused-ring (bicyclic) bond motifs is 1. The Kier molecular flexibility index (Phi) is 4.83. The van der Waals surface area contributed by atoms with Crippen LogP contribution in [0, 0.1) is 5.82 Å². The number of amides is 1. The first kappa shape index (κ1) is 15.4. The molecule has 2 aromatic carbocycles. The Morgan fingerprint density at radius 3 is 2.91 bits per heavy atom. The molecule has 0 saturated heterocycles. The van der Waals surface area contributed by atoms with Gasteiger partial charge in [0.2, 0.25) is 0 Å². The summed E-state index contributed by atoms with van der Waals surface area (Å²) in [6.45, 7) is 0.356. The summed E-state index contributed by atoms with van der Waals surface area (Å²) in [4.78, 5) is 16.2. The maximum atomic E-state index is 13.0. The van der Waals surface area contributed by atoms with Crippen LogP contribution in [0.3, 0.4) is 0 Å². The lowest BCUT2D eigenvalue weighted by molar-refractivity contribution is -0.123. The van der Waals surface area contributed by atoms with Gasteiger partial charge >= 0.3 is 0 Å². The SMILES string of the molecule is O=C(COc1cccc(F)c1)NCCc1nc2ccccc2s1. The van der Waals surface area contributed by atoms with Crippen molar-refractivity contribution in [3.05, 3.63) is 59.4 Å². The number of nitrogens with one attached hydrogen (secondary N) is 1. The van der Waals surface area contributed by atoms with E-state index in [0.717, 1.165) is 15.2 Å². The third kappa shape index (κ3) is 4.26. The molecule has 0 bridgehead atoms. The normalized spacial score (nSPS) is 10.7. The topological polar surface area (TPSA) is 51.2 Å². The first-order valence-corrected chi connectivity index (χ1v) is 8.02. The van der Waals surface area contributed by atoms with Gasteiger partial charge in [-0.3, -0.25) is 4.79 Å². The van der Waals surface area contributed by atoms with Crippen molar-refractivity contribution in [2.75, 3.05) is 13.2 Å². The van der Waals surface area contributed by atoms with Gasteiger partial charge in [-0.1, -0.05) is 18.2 Å². The predicted molar refractivity (Wildman–Crippen MR) is 88.2 cm³/mol. The number of benzene rings is 2. The molecule has 1 heterocycles. The Morgan fingerprint density at radius 2 is 2.09 bits per heavy atom. The van der Waals surface area contributed by atoms with E-state index in [1.165, 1.54) is 18.2 Å². The first-order chi connectivity index (χ1) is 11.2. The van der Waals surface area contributed by atoms with Gasteiger partial charge in [0.15, 0.2) is 6.61 Å². The Hall–Kier alpha value is -2.47. The molecule has 0 fully saturated rings. The van der Waals surface area contributed by atoms with Crippen molar-refractivity contribution in [2.24, 2.45) is 0 Å². The average Bonchev–Trinajstić information content (AvgIpc) is 2.96. The van der Waals surface area contributed by atoms with E-state index in [1.807, 2.05) is 24.3 Å². The standard InChI is InChI=1S/C17H15FN2O2S/c18-12-4-3-5-13(10-12)22-11-16(21)19-9-8-17-20-14-6-1-2-7-15(14)23-17/h1-7,10H,8-9,11H2,(H,19,21). The summed E-state index contributed by atoms with van der Waals surface area (Å²) < 4.78 is 19.4. The lowest BCUT2D eigenvalue weighted by atomic mass is 10.3. The van der Waals surface area contributed by atoms with E-state index in [-0.39, 0.29) is 12.5 Å². The number of rotatable bonds is 6. The highest BCUT2D eigenvalue weighted by Crippen LogP contribution is 2.21. The van der Waals surface area contributed by atoms with Gasteiger partial charge in [0, 0.05) is 19.0 Å². The molecule has 0 unspecified atom stereocenters. The zero-order valence-corrected chi connectivity index (χ0v) is 13.1. The van der Waals surface area contributed by atoms with Crippen LogP contribution in [0.25, 0.3) is 10.2 Å². The van der Waals surface area contributed by atoms with Gasteiger partial charge in [0.25, 0.3) is 5.91 Å². The van der Waals surface area contributed by atoms with E-state index in [1.54, 1.807) is 17.4 Å². The summed E-state index contributed by atoms with van der Waals surface area (Å²) >= 11 is 1.63. The van der Waals surface area contributed by atoms with Crippen molar-refractivity contribution in [2.45, 2.75) is 6.42 Å². The number of halogens is 1. The van der Waals surface area contributed by atoms with Crippen LogP contribution >= 0.6 is 11.3 Å². The minimum Gasteiger partial charge on any atom is -0.484 e. The van der Waals surface area contributed by atoms with Crippen LogP contribution in [0.15, 0.2) is 48.5 Å². The number of carbonyl (C=O) groups is 1. The molecule has 0 atom stereocenters. The Bertz CT molecular complexity index is 786. The first-order valence-electron chi connectivity index (χ1n) is 7.20. The Balaban J connectivity index is 1.44. The highest BCUT2D eigenvalue weighted by atomic mass is 32.1. The van der Waals surface area contributed by atoms with Gasteiger partial charge in [-0.05, 0) is 24.3 Å². The smallest absolute Gasteiger partial charge is 0.257 e. The number of hydrogen-bond acceptors (Lipinski definition) is 4. The second-order valence-electron chi connectivity index (χ2n) is 4.92. The molecule has 0 radical (unpaired) electrons. The van der Waals surface area contributed by atoms with Gasteiger partial charge in [-0.25, -0.2) is 9.37 Å². The summed E-state index contributed by atoms with van der Waals surface area (Å²) in [5, 5.41) is 3.75. The highest BCUT2D eigenvalue weighted by Gasteiger charge is 2.06. The zero-order chi connectivity index (χ0) is 16.1. The fraction of sp³-hybridized carbons (Fsp3) is 0.176. The molecule has 0 aliphatic rings. The lowest BCUT2D eigenvalue weighted by Gasteiger charge is -2.06. The Morgan fingerprint density at radius 1 is 1.22 bits per heavy atom. The van der Waals surface area contributed by atoms with Gasteiger partial charge in [0.05, 0.1) is 15.2 Å². The van der Waals surface area contributed by atoms with Crippen LogP contribution < -0.4 is 10.1 Å². The fourth-order valence-electron chi connectivity index (χ4n) is 2.09. The molecule has 4 nitrogen and oxygen atoms in total. The van der Waals surface area contributed by atoms with Crippen LogP contribution in [0.4, 0.5) is 4.39 Å². The third-order valence-corrected chi connectivity index (χ3v) is 4.26. The summed E-state index contributed by atoms with van der Waals surface area (Å²) in [7, 11) is 0. The van der Waals surface area contributed by atoms with Crippen molar-refractivity contribution < 1.29 is 13.9 Å². The van der Waals surface area contributed by atoms with Crippen LogP contribution in [-0.4, -0.2) is 24.0 Å². The lowest BCUT2D eigenvalue weighted by Crippen LogP contribution is -2.30. The Labute approximate surface area is 136 Å². The van der Waals surface area contributed by atoms with Crippen LogP contribution in [0.5, 0.6) is 5.75 Å². The van der Waals surface area contributed by atoms with Crippen molar-refractivity contribution in [3.8, 4) is 5.75 Å². The van der Waals surface area contributed by atoms with E-state index in [2.05, 4.69) is 10.3 Å². The quantitative estimate of drug-likeness (QED) is 0.755. The number of ether oxygens (including phenoxy) is 1. The van der Waals surface area contributed by atoms with Crippen molar-refractivity contribution in [1.82, 2.24) is 10.3 Å². The second-order valence-corrected chi connectivity index (χ2v) is 6.04. The van der Waals surface area contributed by atoms with Crippen molar-refractivity contribution in [3.63, 3.8) is 0 Å². The summed E-state index contributed by atoms with van der Waals surface area (Å²) in [5.74, 6) is -0.291. The number of carbonyl (C=O) groups excluding carboxylic acids is 1. The maximum Gasteiger partial charge on any atom is 0.257 e. The molecule has 6 heteroatoms. The second kappa shape index (κ2) is 7.19. The van der Waals surface area contributed by atoms with E-state index in [9.17, 15) is 9.18 Å². The predicted octanol–water partition coefficient (Wildman–Crippen LogP) is 3.17. The summed E-state index contributed by atoms with van der Waals surface area (Å²) in [5.41, 5.74) is 0.980. The molecule has 23 heavy (non-hydrogen) atoms. The summed E-state index contributed by atoms with van der Waals surface area (Å²) in [6.07, 6.45) is 0.672. The molecular formula is C17H15FN2O2S. The summed E-state index contributed by atoms with van der Waals surface area (Å²) in [6, 6.07) is 13.7. The van der Waals surface area contributed by atoms with Crippen molar-refractivity contribution in [1.29, 1.82) is 0 Å². The van der Waals surface area contributed by atoms with Crippen LogP contribution in [0.1, 0.15) is 5.01 Å². The maximum absolute atomic E-state index is 13.0. The highest BCUT2D eigenvalue weighted by molar-refractivity contribution is 7.18. The number of para-hydroxylation sites is 1. The minimum absolute atomic E-state index is 0.136. The number of aromatic nitrogens is 1.